The van der Waals surface area contributed by atoms with Gasteiger partial charge < -0.3 is 14.0 Å². The van der Waals surface area contributed by atoms with Crippen molar-refractivity contribution in [3.8, 4) is 0 Å². The minimum atomic E-state index is -0.0393. The van der Waals surface area contributed by atoms with Crippen LogP contribution in [-0.4, -0.2) is 56.5 Å². The van der Waals surface area contributed by atoms with Crippen LogP contribution in [0.5, 0.6) is 0 Å². The predicted molar refractivity (Wildman–Crippen MR) is 120 cm³/mol. The molecule has 172 valence electrons. The Hall–Kier alpha value is -0.610. The van der Waals surface area contributed by atoms with Gasteiger partial charge in [0.2, 0.25) is 0 Å². The van der Waals surface area contributed by atoms with E-state index in [1.165, 1.54) is 32.1 Å². The first-order valence-corrected chi connectivity index (χ1v) is 12.4. The fourth-order valence-corrected chi connectivity index (χ4v) is 7.76. The van der Waals surface area contributed by atoms with E-state index in [0.717, 1.165) is 25.5 Å². The van der Waals surface area contributed by atoms with E-state index in [2.05, 4.69) is 55.6 Å². The molecule has 0 saturated heterocycles. The van der Waals surface area contributed by atoms with Gasteiger partial charge in [-0.3, -0.25) is 0 Å². The first kappa shape index (κ1) is 22.6. The van der Waals surface area contributed by atoms with Gasteiger partial charge in [0.05, 0.1) is 26.8 Å². The van der Waals surface area contributed by atoms with Gasteiger partial charge in [-0.05, 0) is 66.6 Å². The van der Waals surface area contributed by atoms with E-state index >= 15 is 0 Å². The highest BCUT2D eigenvalue weighted by Crippen LogP contribution is 2.67. The van der Waals surface area contributed by atoms with Crippen molar-refractivity contribution < 1.29 is 18.8 Å². The topological polar surface area (TPSA) is 35.5 Å². The Morgan fingerprint density at radius 1 is 0.867 bits per heavy atom. The van der Waals surface area contributed by atoms with Crippen LogP contribution in [0.25, 0.3) is 0 Å². The van der Waals surface area contributed by atoms with Crippen LogP contribution in [0.15, 0.2) is 0 Å². The lowest BCUT2D eigenvalue weighted by atomic mass is 9.70. The van der Waals surface area contributed by atoms with Gasteiger partial charge in [-0.25, -0.2) is 4.79 Å². The number of esters is 1. The van der Waals surface area contributed by atoms with Crippen LogP contribution in [0.3, 0.4) is 0 Å². The summed E-state index contributed by atoms with van der Waals surface area (Å²) in [7, 11) is 4.26. The largest absolute Gasteiger partial charge is 0.458 e. The highest BCUT2D eigenvalue weighted by atomic mass is 16.5. The van der Waals surface area contributed by atoms with Gasteiger partial charge >= 0.3 is 5.97 Å². The number of hydrogen-bond donors (Lipinski definition) is 0. The summed E-state index contributed by atoms with van der Waals surface area (Å²) in [4.78, 5) is 12.8. The molecular weight excluding hydrogens is 374 g/mol. The molecule has 0 amide bonds. The molecule has 6 atom stereocenters. The molecule has 0 N–H and O–H groups in total. The first-order valence-electron chi connectivity index (χ1n) is 12.4. The molecule has 4 heteroatoms. The monoisotopic (exact) mass is 420 g/mol. The predicted octanol–water partition coefficient (Wildman–Crippen LogP) is 5.05. The van der Waals surface area contributed by atoms with E-state index in [1.54, 1.807) is 0 Å². The van der Waals surface area contributed by atoms with E-state index in [0.29, 0.717) is 33.9 Å². The molecule has 30 heavy (non-hydrogen) atoms. The number of carbonyl (C=O) groups is 1. The Bertz CT molecular complexity index is 698. The summed E-state index contributed by atoms with van der Waals surface area (Å²) in [6, 6.07) is 0. The second kappa shape index (κ2) is 6.94. The molecule has 0 unspecified atom stereocenters. The summed E-state index contributed by atoms with van der Waals surface area (Å²) < 4.78 is 13.2. The smallest absolute Gasteiger partial charge is 0.362 e. The molecule has 4 nitrogen and oxygen atoms in total. The van der Waals surface area contributed by atoms with Crippen LogP contribution in [0.1, 0.15) is 80.1 Å². The minimum Gasteiger partial charge on any atom is -0.458 e. The third-order valence-electron chi connectivity index (χ3n) is 11.3. The maximum atomic E-state index is 12.8. The first-order chi connectivity index (χ1) is 13.7. The van der Waals surface area contributed by atoms with Gasteiger partial charge in [0, 0.05) is 5.41 Å². The number of ether oxygens (including phenoxy) is 2. The summed E-state index contributed by atoms with van der Waals surface area (Å²) in [5, 5.41) is 0. The summed E-state index contributed by atoms with van der Waals surface area (Å²) >= 11 is 0. The Kier molecular flexibility index (Phi) is 5.22. The average molecular weight is 421 g/mol. The Balaban J connectivity index is 1.26. The van der Waals surface area contributed by atoms with Crippen LogP contribution in [0.4, 0.5) is 0 Å². The second-order valence-electron chi connectivity index (χ2n) is 13.4. The lowest BCUT2D eigenvalue weighted by Gasteiger charge is -2.40. The van der Waals surface area contributed by atoms with E-state index in [9.17, 15) is 4.79 Å². The van der Waals surface area contributed by atoms with E-state index in [4.69, 9.17) is 9.47 Å². The Morgan fingerprint density at radius 2 is 1.37 bits per heavy atom. The van der Waals surface area contributed by atoms with E-state index in [1.807, 2.05) is 0 Å². The van der Waals surface area contributed by atoms with Gasteiger partial charge in [0.15, 0.2) is 6.54 Å². The van der Waals surface area contributed by atoms with Gasteiger partial charge in [-0.2, -0.15) is 0 Å². The minimum absolute atomic E-state index is 0.0393. The van der Waals surface area contributed by atoms with Crippen molar-refractivity contribution in [3.05, 3.63) is 0 Å². The molecule has 4 fully saturated rings. The van der Waals surface area contributed by atoms with Gasteiger partial charge in [0.1, 0.15) is 12.6 Å². The molecule has 4 bridgehead atoms. The molecule has 4 aliphatic rings. The molecule has 4 aliphatic carbocycles. The number of rotatable bonds is 7. The zero-order chi connectivity index (χ0) is 22.2. The highest BCUT2D eigenvalue weighted by molar-refractivity contribution is 5.71. The van der Waals surface area contributed by atoms with Crippen LogP contribution >= 0.6 is 0 Å². The molecule has 0 radical (unpaired) electrons. The molecule has 0 heterocycles. The average Bonchev–Trinajstić information content (AvgIpc) is 3.13. The fraction of sp³-hybridized carbons (Fsp3) is 0.962. The second-order valence-corrected chi connectivity index (χ2v) is 13.4. The molecule has 0 aromatic carbocycles. The zero-order valence-corrected chi connectivity index (χ0v) is 20.8. The zero-order valence-electron chi connectivity index (χ0n) is 20.8. The number of carbonyl (C=O) groups excluding carboxylic acids is 1. The number of nitrogens with zero attached hydrogens (tertiary/aromatic N) is 1. The quantitative estimate of drug-likeness (QED) is 0.427. The third-order valence-corrected chi connectivity index (χ3v) is 11.3. The van der Waals surface area contributed by atoms with E-state index in [-0.39, 0.29) is 22.9 Å². The molecule has 4 saturated carbocycles. The van der Waals surface area contributed by atoms with Gasteiger partial charge in [-0.1, -0.05) is 41.5 Å². The summed E-state index contributed by atoms with van der Waals surface area (Å²) in [6.07, 6.45) is 7.83. The SMILES string of the molecule is CC1(C)[C@@H]2CC[C@@]1(C)[C@H](OC(=O)C[N+](C)(C)CCO[C@H]1C[C@@H]3CC[C@@]1(C)C3(C)C)C2. The number of hydrogen-bond acceptors (Lipinski definition) is 3. The Morgan fingerprint density at radius 3 is 1.80 bits per heavy atom. The van der Waals surface area contributed by atoms with Crippen LogP contribution < -0.4 is 0 Å². The number of likely N-dealkylation sites (N-methyl/N-ethyl adjacent to an activating group) is 1. The molecule has 0 aromatic heterocycles. The fourth-order valence-electron chi connectivity index (χ4n) is 7.76. The summed E-state index contributed by atoms with van der Waals surface area (Å²) in [5.74, 6) is 1.46. The van der Waals surface area contributed by atoms with Crippen molar-refractivity contribution in [2.75, 3.05) is 33.8 Å². The van der Waals surface area contributed by atoms with Crippen molar-refractivity contribution in [1.82, 2.24) is 0 Å². The number of quaternary nitrogens is 1. The van der Waals surface area contributed by atoms with Crippen molar-refractivity contribution in [3.63, 3.8) is 0 Å². The normalized spacial score (nSPS) is 43.3. The molecule has 0 aliphatic heterocycles. The molecule has 0 spiro atoms. The maximum Gasteiger partial charge on any atom is 0.362 e. The van der Waals surface area contributed by atoms with Crippen LogP contribution in [0.2, 0.25) is 0 Å². The summed E-state index contributed by atoms with van der Waals surface area (Å²) in [6.45, 7) is 16.4. The van der Waals surface area contributed by atoms with Crippen LogP contribution in [-0.2, 0) is 14.3 Å². The molecule has 4 rings (SSSR count). The molecular formula is C26H46NO3+. The highest BCUT2D eigenvalue weighted by Gasteiger charge is 2.63. The lowest BCUT2D eigenvalue weighted by molar-refractivity contribution is -0.883. The van der Waals surface area contributed by atoms with Gasteiger partial charge in [-0.15, -0.1) is 0 Å². The summed E-state index contributed by atoms with van der Waals surface area (Å²) in [5.41, 5.74) is 1.10. The Labute approximate surface area is 184 Å². The maximum absolute atomic E-state index is 12.8. The van der Waals surface area contributed by atoms with Gasteiger partial charge in [0.25, 0.3) is 0 Å². The van der Waals surface area contributed by atoms with Crippen molar-refractivity contribution in [1.29, 1.82) is 0 Å². The third kappa shape index (κ3) is 3.18. The standard InChI is InChI=1S/C26H46NO3/c1-23(2)18-9-11-25(23,5)20(15-18)29-14-13-27(7,8)17-22(28)30-21-16-19-10-12-26(21,6)24(19,3)4/h18-21H,9-17H2,1-8H3/q+1/t18-,19+,20-,21+,25+,26-/m0/s1. The van der Waals surface area contributed by atoms with Crippen molar-refractivity contribution in [2.45, 2.75) is 92.3 Å². The van der Waals surface area contributed by atoms with Crippen molar-refractivity contribution >= 4 is 5.97 Å². The number of fused-ring (bicyclic) bond motifs is 4. The van der Waals surface area contributed by atoms with Crippen LogP contribution in [0, 0.1) is 33.5 Å². The van der Waals surface area contributed by atoms with Crippen molar-refractivity contribution in [2.24, 2.45) is 33.5 Å². The molecule has 0 aromatic rings. The lowest BCUT2D eigenvalue weighted by Crippen LogP contribution is -2.49. The van der Waals surface area contributed by atoms with E-state index < -0.39 is 0 Å².